The molecule has 0 radical (unpaired) electrons. The summed E-state index contributed by atoms with van der Waals surface area (Å²) in [5.74, 6) is 2.88. The van der Waals surface area contributed by atoms with E-state index in [1.54, 1.807) is 0 Å². The van der Waals surface area contributed by atoms with Crippen LogP contribution in [0.2, 0.25) is 0 Å². The van der Waals surface area contributed by atoms with E-state index >= 15 is 0 Å². The SMILES string of the molecule is CCC(C)C(C)(C)CC1CCC(C)CC1. The summed E-state index contributed by atoms with van der Waals surface area (Å²) >= 11 is 0. The molecule has 0 bridgehead atoms. The fraction of sp³-hybridized carbons (Fsp3) is 1.00. The molecule has 0 heterocycles. The molecule has 0 aromatic rings. The second-order valence-electron chi connectivity index (χ2n) is 6.63. The average Bonchev–Trinajstić information content (AvgIpc) is 2.20. The quantitative estimate of drug-likeness (QED) is 0.592. The Labute approximate surface area is 96.8 Å². The van der Waals surface area contributed by atoms with E-state index in [1.807, 2.05) is 0 Å². The molecular formula is C15H30. The van der Waals surface area contributed by atoms with Gasteiger partial charge in [-0.2, -0.15) is 0 Å². The van der Waals surface area contributed by atoms with Crippen molar-refractivity contribution >= 4 is 0 Å². The Balaban J connectivity index is 2.40. The third kappa shape index (κ3) is 3.81. The van der Waals surface area contributed by atoms with Gasteiger partial charge < -0.3 is 0 Å². The zero-order chi connectivity index (χ0) is 11.5. The second-order valence-corrected chi connectivity index (χ2v) is 6.63. The van der Waals surface area contributed by atoms with Gasteiger partial charge in [0.25, 0.3) is 0 Å². The lowest BCUT2D eigenvalue weighted by atomic mass is 9.69. The summed E-state index contributed by atoms with van der Waals surface area (Å²) in [6, 6.07) is 0. The standard InChI is InChI=1S/C15H30/c1-6-13(3)15(4,5)11-14-9-7-12(2)8-10-14/h12-14H,6-11H2,1-5H3. The van der Waals surface area contributed by atoms with E-state index in [-0.39, 0.29) is 0 Å². The van der Waals surface area contributed by atoms with Crippen LogP contribution in [-0.4, -0.2) is 0 Å². The van der Waals surface area contributed by atoms with Crippen molar-refractivity contribution in [2.75, 3.05) is 0 Å². The lowest BCUT2D eigenvalue weighted by Crippen LogP contribution is -2.26. The summed E-state index contributed by atoms with van der Waals surface area (Å²) in [4.78, 5) is 0. The van der Waals surface area contributed by atoms with Crippen LogP contribution in [0.4, 0.5) is 0 Å². The second kappa shape index (κ2) is 5.37. The Morgan fingerprint density at radius 1 is 1.13 bits per heavy atom. The third-order valence-corrected chi connectivity index (χ3v) is 4.90. The van der Waals surface area contributed by atoms with Crippen molar-refractivity contribution in [1.29, 1.82) is 0 Å². The number of hydrogen-bond donors (Lipinski definition) is 0. The molecule has 0 aliphatic heterocycles. The Hall–Kier alpha value is 0. The predicted molar refractivity (Wildman–Crippen MR) is 69.0 cm³/mol. The molecule has 0 N–H and O–H groups in total. The fourth-order valence-corrected chi connectivity index (χ4v) is 3.03. The minimum atomic E-state index is 0.556. The first-order chi connectivity index (χ1) is 6.95. The molecule has 0 aromatic heterocycles. The van der Waals surface area contributed by atoms with Gasteiger partial charge in [0.05, 0.1) is 0 Å². The first-order valence-corrected chi connectivity index (χ1v) is 6.95. The van der Waals surface area contributed by atoms with E-state index in [0.29, 0.717) is 5.41 Å². The van der Waals surface area contributed by atoms with E-state index in [9.17, 15) is 0 Å². The molecule has 1 aliphatic rings. The van der Waals surface area contributed by atoms with E-state index in [1.165, 1.54) is 38.5 Å². The molecule has 0 spiro atoms. The van der Waals surface area contributed by atoms with Crippen LogP contribution < -0.4 is 0 Å². The highest BCUT2D eigenvalue weighted by Gasteiger charge is 2.29. The molecule has 0 aromatic carbocycles. The van der Waals surface area contributed by atoms with E-state index in [4.69, 9.17) is 0 Å². The summed E-state index contributed by atoms with van der Waals surface area (Å²) in [6.45, 7) is 12.1. The smallest absolute Gasteiger partial charge is 0.0326 e. The van der Waals surface area contributed by atoms with Gasteiger partial charge in [0.15, 0.2) is 0 Å². The summed E-state index contributed by atoms with van der Waals surface area (Å²) < 4.78 is 0. The molecule has 0 saturated heterocycles. The van der Waals surface area contributed by atoms with Crippen LogP contribution in [0, 0.1) is 23.2 Å². The molecule has 0 amide bonds. The number of hydrogen-bond acceptors (Lipinski definition) is 0. The van der Waals surface area contributed by atoms with Crippen molar-refractivity contribution in [3.8, 4) is 0 Å². The highest BCUT2D eigenvalue weighted by Crippen LogP contribution is 2.41. The Bertz CT molecular complexity index is 172. The van der Waals surface area contributed by atoms with Crippen LogP contribution in [0.3, 0.4) is 0 Å². The van der Waals surface area contributed by atoms with Gasteiger partial charge in [0.1, 0.15) is 0 Å². The van der Waals surface area contributed by atoms with Gasteiger partial charge in [-0.3, -0.25) is 0 Å². The lowest BCUT2D eigenvalue weighted by molar-refractivity contribution is 0.139. The highest BCUT2D eigenvalue weighted by molar-refractivity contribution is 4.80. The van der Waals surface area contributed by atoms with Crippen molar-refractivity contribution in [3.63, 3.8) is 0 Å². The van der Waals surface area contributed by atoms with Gasteiger partial charge in [0.2, 0.25) is 0 Å². The summed E-state index contributed by atoms with van der Waals surface area (Å²) in [6.07, 6.45) is 8.70. The largest absolute Gasteiger partial charge is 0.0651 e. The molecule has 1 atom stereocenters. The van der Waals surface area contributed by atoms with Crippen LogP contribution >= 0.6 is 0 Å². The molecule has 15 heavy (non-hydrogen) atoms. The predicted octanol–water partition coefficient (Wildman–Crippen LogP) is 5.28. The van der Waals surface area contributed by atoms with Gasteiger partial charge in [-0.15, -0.1) is 0 Å². The topological polar surface area (TPSA) is 0 Å². The van der Waals surface area contributed by atoms with Crippen LogP contribution in [0.15, 0.2) is 0 Å². The Kier molecular flexibility index (Phi) is 4.67. The molecule has 1 rings (SSSR count). The molecule has 0 nitrogen and oxygen atoms in total. The van der Waals surface area contributed by atoms with Gasteiger partial charge in [-0.1, -0.05) is 66.7 Å². The van der Waals surface area contributed by atoms with E-state index in [0.717, 1.165) is 17.8 Å². The van der Waals surface area contributed by atoms with Crippen molar-refractivity contribution in [1.82, 2.24) is 0 Å². The minimum absolute atomic E-state index is 0.556. The summed E-state index contributed by atoms with van der Waals surface area (Å²) in [5, 5.41) is 0. The van der Waals surface area contributed by atoms with Gasteiger partial charge in [-0.05, 0) is 29.6 Å². The monoisotopic (exact) mass is 210 g/mol. The lowest BCUT2D eigenvalue weighted by Gasteiger charge is -2.37. The van der Waals surface area contributed by atoms with Crippen LogP contribution in [0.1, 0.15) is 73.1 Å². The third-order valence-electron chi connectivity index (χ3n) is 4.90. The van der Waals surface area contributed by atoms with Crippen molar-refractivity contribution in [2.45, 2.75) is 73.1 Å². The normalized spacial score (nSPS) is 30.2. The Morgan fingerprint density at radius 3 is 2.13 bits per heavy atom. The fourth-order valence-electron chi connectivity index (χ4n) is 3.03. The van der Waals surface area contributed by atoms with Gasteiger partial charge >= 0.3 is 0 Å². The molecule has 1 saturated carbocycles. The first kappa shape index (κ1) is 13.1. The molecule has 90 valence electrons. The number of rotatable bonds is 4. The maximum Gasteiger partial charge on any atom is -0.0326 e. The molecule has 1 unspecified atom stereocenters. The van der Waals surface area contributed by atoms with Crippen LogP contribution in [-0.2, 0) is 0 Å². The zero-order valence-corrected chi connectivity index (χ0v) is 11.5. The van der Waals surface area contributed by atoms with Crippen molar-refractivity contribution in [2.24, 2.45) is 23.2 Å². The Morgan fingerprint density at radius 2 is 1.67 bits per heavy atom. The van der Waals surface area contributed by atoms with E-state index < -0.39 is 0 Å². The first-order valence-electron chi connectivity index (χ1n) is 6.95. The van der Waals surface area contributed by atoms with Crippen LogP contribution in [0.25, 0.3) is 0 Å². The maximum absolute atomic E-state index is 2.47. The zero-order valence-electron chi connectivity index (χ0n) is 11.5. The molecule has 1 fully saturated rings. The van der Waals surface area contributed by atoms with Gasteiger partial charge in [0, 0.05) is 0 Å². The highest BCUT2D eigenvalue weighted by atomic mass is 14.3. The van der Waals surface area contributed by atoms with E-state index in [2.05, 4.69) is 34.6 Å². The summed E-state index contributed by atoms with van der Waals surface area (Å²) in [7, 11) is 0. The van der Waals surface area contributed by atoms with Gasteiger partial charge in [-0.25, -0.2) is 0 Å². The summed E-state index contributed by atoms with van der Waals surface area (Å²) in [5.41, 5.74) is 0.556. The van der Waals surface area contributed by atoms with Crippen molar-refractivity contribution in [3.05, 3.63) is 0 Å². The molecular weight excluding hydrogens is 180 g/mol. The average molecular weight is 210 g/mol. The molecule has 0 heteroatoms. The maximum atomic E-state index is 2.47. The van der Waals surface area contributed by atoms with Crippen LogP contribution in [0.5, 0.6) is 0 Å². The van der Waals surface area contributed by atoms with Crippen molar-refractivity contribution < 1.29 is 0 Å². The minimum Gasteiger partial charge on any atom is -0.0651 e. The molecule has 1 aliphatic carbocycles.